The summed E-state index contributed by atoms with van der Waals surface area (Å²) in [5.41, 5.74) is 11.5. The number of primary amides is 1. The number of nitrogens with two attached hydrogens (primary N) is 2. The summed E-state index contributed by atoms with van der Waals surface area (Å²) in [6.45, 7) is 0.156. The molecule has 18 heavy (non-hydrogen) atoms. The SMILES string of the molecule is NC(=O)c1ccccc1Cn1nc(N)ccc1=O. The molecule has 1 amide bonds. The Kier molecular flexibility index (Phi) is 3.09. The van der Waals surface area contributed by atoms with E-state index in [2.05, 4.69) is 5.10 Å². The number of nitrogens with zero attached hydrogens (tertiary/aromatic N) is 2. The minimum absolute atomic E-state index is 0.156. The topological polar surface area (TPSA) is 104 Å². The number of benzene rings is 1. The van der Waals surface area contributed by atoms with E-state index in [4.69, 9.17) is 11.5 Å². The number of carbonyl (C=O) groups excluding carboxylic acids is 1. The minimum atomic E-state index is -0.539. The second kappa shape index (κ2) is 4.70. The lowest BCUT2D eigenvalue weighted by Crippen LogP contribution is -2.25. The van der Waals surface area contributed by atoms with E-state index in [0.717, 1.165) is 0 Å². The highest BCUT2D eigenvalue weighted by Gasteiger charge is 2.08. The van der Waals surface area contributed by atoms with Gasteiger partial charge >= 0.3 is 0 Å². The smallest absolute Gasteiger partial charge is 0.267 e. The highest BCUT2D eigenvalue weighted by Crippen LogP contribution is 2.08. The van der Waals surface area contributed by atoms with Crippen LogP contribution in [0.15, 0.2) is 41.2 Å². The van der Waals surface area contributed by atoms with Crippen molar-refractivity contribution < 1.29 is 4.79 Å². The van der Waals surface area contributed by atoms with Crippen molar-refractivity contribution in [3.63, 3.8) is 0 Å². The Balaban J connectivity index is 2.43. The minimum Gasteiger partial charge on any atom is -0.382 e. The van der Waals surface area contributed by atoms with Crippen LogP contribution >= 0.6 is 0 Å². The van der Waals surface area contributed by atoms with Crippen molar-refractivity contribution in [3.8, 4) is 0 Å². The van der Waals surface area contributed by atoms with Crippen LogP contribution in [0, 0.1) is 0 Å². The summed E-state index contributed by atoms with van der Waals surface area (Å²) in [6, 6.07) is 9.55. The molecule has 2 rings (SSSR count). The van der Waals surface area contributed by atoms with E-state index < -0.39 is 5.91 Å². The molecule has 2 aromatic rings. The second-order valence-corrected chi connectivity index (χ2v) is 3.78. The molecule has 0 spiro atoms. The molecule has 4 N–H and O–H groups in total. The molecule has 0 saturated heterocycles. The largest absolute Gasteiger partial charge is 0.382 e. The van der Waals surface area contributed by atoms with Gasteiger partial charge in [-0.05, 0) is 17.7 Å². The van der Waals surface area contributed by atoms with Crippen molar-refractivity contribution in [1.82, 2.24) is 9.78 Å². The number of hydrogen-bond acceptors (Lipinski definition) is 4. The fourth-order valence-electron chi connectivity index (χ4n) is 1.64. The number of aromatic nitrogens is 2. The van der Waals surface area contributed by atoms with E-state index in [1.54, 1.807) is 24.3 Å². The zero-order valence-corrected chi connectivity index (χ0v) is 9.54. The van der Waals surface area contributed by atoms with Gasteiger partial charge in [0.25, 0.3) is 5.56 Å². The number of nitrogen functional groups attached to an aromatic ring is 1. The van der Waals surface area contributed by atoms with Gasteiger partial charge in [-0.15, -0.1) is 0 Å². The summed E-state index contributed by atoms with van der Waals surface area (Å²) >= 11 is 0. The van der Waals surface area contributed by atoms with E-state index in [-0.39, 0.29) is 17.9 Å². The first-order valence-corrected chi connectivity index (χ1v) is 5.29. The second-order valence-electron chi connectivity index (χ2n) is 3.78. The van der Waals surface area contributed by atoms with Crippen LogP contribution in [0.4, 0.5) is 5.82 Å². The molecule has 0 aliphatic rings. The van der Waals surface area contributed by atoms with Gasteiger partial charge in [0.15, 0.2) is 0 Å². The lowest BCUT2D eigenvalue weighted by molar-refractivity contribution is 0.0999. The summed E-state index contributed by atoms with van der Waals surface area (Å²) in [5, 5.41) is 3.90. The van der Waals surface area contributed by atoms with Crippen molar-refractivity contribution >= 4 is 11.7 Å². The van der Waals surface area contributed by atoms with E-state index >= 15 is 0 Å². The molecule has 1 aromatic heterocycles. The van der Waals surface area contributed by atoms with E-state index in [9.17, 15) is 9.59 Å². The van der Waals surface area contributed by atoms with Crippen LogP contribution in [0.1, 0.15) is 15.9 Å². The molecule has 1 heterocycles. The predicted molar refractivity (Wildman–Crippen MR) is 67.0 cm³/mol. The number of rotatable bonds is 3. The highest BCUT2D eigenvalue weighted by molar-refractivity contribution is 5.94. The Bertz CT molecular complexity index is 649. The van der Waals surface area contributed by atoms with Crippen LogP contribution in [-0.2, 0) is 6.54 Å². The molecule has 6 nitrogen and oxygen atoms in total. The molecule has 0 radical (unpaired) electrons. The average molecular weight is 244 g/mol. The Morgan fingerprint density at radius 3 is 2.67 bits per heavy atom. The van der Waals surface area contributed by atoms with Gasteiger partial charge in [-0.25, -0.2) is 4.68 Å². The quantitative estimate of drug-likeness (QED) is 0.791. The van der Waals surface area contributed by atoms with Gasteiger partial charge in [0.2, 0.25) is 5.91 Å². The van der Waals surface area contributed by atoms with Gasteiger partial charge in [0.05, 0.1) is 6.54 Å². The van der Waals surface area contributed by atoms with Gasteiger partial charge in [-0.2, -0.15) is 5.10 Å². The van der Waals surface area contributed by atoms with Crippen LogP contribution in [0.25, 0.3) is 0 Å². The van der Waals surface area contributed by atoms with Gasteiger partial charge in [0, 0.05) is 11.6 Å². The molecule has 92 valence electrons. The molecule has 0 saturated carbocycles. The zero-order valence-electron chi connectivity index (χ0n) is 9.54. The molecule has 0 aliphatic heterocycles. The molecular weight excluding hydrogens is 232 g/mol. The van der Waals surface area contributed by atoms with E-state index in [0.29, 0.717) is 11.1 Å². The van der Waals surface area contributed by atoms with Crippen molar-refractivity contribution in [2.24, 2.45) is 5.73 Å². The van der Waals surface area contributed by atoms with Crippen LogP contribution in [0.2, 0.25) is 0 Å². The maximum Gasteiger partial charge on any atom is 0.267 e. The Hall–Kier alpha value is -2.63. The van der Waals surface area contributed by atoms with Gasteiger partial charge < -0.3 is 11.5 Å². The maximum atomic E-state index is 11.6. The Labute approximate surface area is 103 Å². The monoisotopic (exact) mass is 244 g/mol. The molecular formula is C12H12N4O2. The van der Waals surface area contributed by atoms with E-state index in [1.807, 2.05) is 0 Å². The molecule has 0 atom stereocenters. The predicted octanol–water partition coefficient (Wildman–Crippen LogP) is -0.0273. The third-order valence-electron chi connectivity index (χ3n) is 2.49. The number of carbonyl (C=O) groups is 1. The van der Waals surface area contributed by atoms with Crippen LogP contribution in [-0.4, -0.2) is 15.7 Å². The standard InChI is InChI=1S/C12H12N4O2/c13-10-5-6-11(17)16(15-10)7-8-3-1-2-4-9(8)12(14)18/h1-6H,7H2,(H2,13,15)(H2,14,18). The third kappa shape index (κ3) is 2.37. The molecule has 0 bridgehead atoms. The Morgan fingerprint density at radius 1 is 1.22 bits per heavy atom. The van der Waals surface area contributed by atoms with Crippen molar-refractivity contribution in [2.75, 3.05) is 5.73 Å². The molecule has 0 aliphatic carbocycles. The summed E-state index contributed by atoms with van der Waals surface area (Å²) in [4.78, 5) is 22.8. The molecule has 1 aromatic carbocycles. The summed E-state index contributed by atoms with van der Waals surface area (Å²) in [7, 11) is 0. The molecule has 0 fully saturated rings. The molecule has 0 unspecified atom stereocenters. The first-order chi connectivity index (χ1) is 8.58. The van der Waals surface area contributed by atoms with Crippen molar-refractivity contribution in [2.45, 2.75) is 6.54 Å². The van der Waals surface area contributed by atoms with Crippen LogP contribution in [0.3, 0.4) is 0 Å². The van der Waals surface area contributed by atoms with Crippen molar-refractivity contribution in [1.29, 1.82) is 0 Å². The normalized spacial score (nSPS) is 10.2. The summed E-state index contributed by atoms with van der Waals surface area (Å²) in [6.07, 6.45) is 0. The highest BCUT2D eigenvalue weighted by atomic mass is 16.1. The van der Waals surface area contributed by atoms with Gasteiger partial charge in [0.1, 0.15) is 5.82 Å². The lowest BCUT2D eigenvalue weighted by Gasteiger charge is -2.08. The maximum absolute atomic E-state index is 11.6. The van der Waals surface area contributed by atoms with Crippen molar-refractivity contribution in [3.05, 3.63) is 57.9 Å². The fourth-order valence-corrected chi connectivity index (χ4v) is 1.64. The first kappa shape index (κ1) is 11.8. The third-order valence-corrected chi connectivity index (χ3v) is 2.49. The lowest BCUT2D eigenvalue weighted by atomic mass is 10.1. The summed E-state index contributed by atoms with van der Waals surface area (Å²) in [5.74, 6) is -0.297. The average Bonchev–Trinajstić information content (AvgIpc) is 2.34. The number of hydrogen-bond donors (Lipinski definition) is 2. The fraction of sp³-hybridized carbons (Fsp3) is 0.0833. The Morgan fingerprint density at radius 2 is 1.94 bits per heavy atom. The first-order valence-electron chi connectivity index (χ1n) is 5.29. The summed E-state index contributed by atoms with van der Waals surface area (Å²) < 4.78 is 1.19. The van der Waals surface area contributed by atoms with Crippen LogP contribution < -0.4 is 17.0 Å². The van der Waals surface area contributed by atoms with Crippen LogP contribution in [0.5, 0.6) is 0 Å². The molecule has 6 heteroatoms. The zero-order chi connectivity index (χ0) is 13.1. The van der Waals surface area contributed by atoms with Gasteiger partial charge in [-0.1, -0.05) is 18.2 Å². The van der Waals surface area contributed by atoms with Gasteiger partial charge in [-0.3, -0.25) is 9.59 Å². The number of amides is 1. The van der Waals surface area contributed by atoms with E-state index in [1.165, 1.54) is 16.8 Å². The number of anilines is 1.